The van der Waals surface area contributed by atoms with Crippen LogP contribution in [0.1, 0.15) is 24.0 Å². The lowest BCUT2D eigenvalue weighted by molar-refractivity contribution is -0.114. The summed E-state index contributed by atoms with van der Waals surface area (Å²) >= 11 is 0. The average molecular weight is 354 g/mol. The van der Waals surface area contributed by atoms with Crippen LogP contribution in [0, 0.1) is 13.8 Å². The fraction of sp³-hybridized carbons (Fsp3) is 0.381. The highest BCUT2D eigenvalue weighted by molar-refractivity contribution is 5.94. The first-order valence-electron chi connectivity index (χ1n) is 9.06. The van der Waals surface area contributed by atoms with Gasteiger partial charge in [-0.05, 0) is 62.1 Å². The quantitative estimate of drug-likeness (QED) is 0.791. The molecular weight excluding hydrogens is 328 g/mol. The average Bonchev–Trinajstić information content (AvgIpc) is 3.14. The van der Waals surface area contributed by atoms with Crippen LogP contribution in [0.5, 0.6) is 5.75 Å². The van der Waals surface area contributed by atoms with Crippen LogP contribution in [0.25, 0.3) is 0 Å². The van der Waals surface area contributed by atoms with Gasteiger partial charge in [-0.15, -0.1) is 0 Å². The first-order chi connectivity index (χ1) is 12.6. The number of nitrogens with one attached hydrogen (secondary N) is 2. The maximum absolute atomic E-state index is 12.2. The van der Waals surface area contributed by atoms with Crippen molar-refractivity contribution in [1.29, 1.82) is 0 Å². The number of aryl methyl sites for hydroxylation is 2. The summed E-state index contributed by atoms with van der Waals surface area (Å²) in [5, 5.41) is 6.11. The number of carbonyl (C=O) groups is 1. The van der Waals surface area contributed by atoms with Crippen molar-refractivity contribution < 1.29 is 14.3 Å². The van der Waals surface area contributed by atoms with Crippen LogP contribution in [0.4, 0.5) is 11.4 Å². The predicted octanol–water partition coefficient (Wildman–Crippen LogP) is 3.91. The van der Waals surface area contributed by atoms with Crippen LogP contribution in [-0.2, 0) is 9.53 Å². The second-order valence-corrected chi connectivity index (χ2v) is 6.64. The molecule has 1 fully saturated rings. The summed E-state index contributed by atoms with van der Waals surface area (Å²) in [5.41, 5.74) is 4.03. The molecule has 1 atom stereocenters. The molecule has 0 bridgehead atoms. The first kappa shape index (κ1) is 18.3. The molecule has 1 saturated heterocycles. The van der Waals surface area contributed by atoms with E-state index in [2.05, 4.69) is 10.6 Å². The van der Waals surface area contributed by atoms with Gasteiger partial charge < -0.3 is 20.1 Å². The van der Waals surface area contributed by atoms with Crippen LogP contribution in [-0.4, -0.2) is 31.8 Å². The zero-order valence-electron chi connectivity index (χ0n) is 15.4. The van der Waals surface area contributed by atoms with Crippen LogP contribution in [0.15, 0.2) is 42.5 Å². The van der Waals surface area contributed by atoms with Gasteiger partial charge in [0, 0.05) is 18.0 Å². The number of carbonyl (C=O) groups excluding carboxylic acids is 1. The summed E-state index contributed by atoms with van der Waals surface area (Å²) in [5.74, 6) is 0.702. The summed E-state index contributed by atoms with van der Waals surface area (Å²) in [6, 6.07) is 13.5. The molecule has 0 radical (unpaired) electrons. The molecule has 0 saturated carbocycles. The molecule has 1 amide bonds. The third-order valence-electron chi connectivity index (χ3n) is 4.50. The standard InChI is InChI=1S/C21H26N2O3/c1-15-5-3-6-16(2)21(15)22-13-20(24)23-17-8-10-18(11-9-17)26-14-19-7-4-12-25-19/h3,5-6,8-11,19,22H,4,7,12-14H2,1-2H3,(H,23,24). The van der Waals surface area contributed by atoms with Gasteiger partial charge in [-0.3, -0.25) is 4.79 Å². The zero-order valence-corrected chi connectivity index (χ0v) is 15.4. The normalized spacial score (nSPS) is 16.3. The number of hydrogen-bond acceptors (Lipinski definition) is 4. The number of anilines is 2. The van der Waals surface area contributed by atoms with Gasteiger partial charge in [0.15, 0.2) is 0 Å². The van der Waals surface area contributed by atoms with Gasteiger partial charge in [-0.1, -0.05) is 18.2 Å². The van der Waals surface area contributed by atoms with Gasteiger partial charge in [0.05, 0.1) is 12.6 Å². The number of benzene rings is 2. The number of amides is 1. The lowest BCUT2D eigenvalue weighted by atomic mass is 10.1. The zero-order chi connectivity index (χ0) is 18.4. The second kappa shape index (κ2) is 8.72. The van der Waals surface area contributed by atoms with E-state index in [-0.39, 0.29) is 18.6 Å². The number of hydrogen-bond donors (Lipinski definition) is 2. The molecule has 2 N–H and O–H groups in total. The molecule has 2 aromatic rings. The molecular formula is C21H26N2O3. The Labute approximate surface area is 154 Å². The summed E-state index contributed by atoms with van der Waals surface area (Å²) < 4.78 is 11.3. The van der Waals surface area contributed by atoms with Crippen molar-refractivity contribution in [3.8, 4) is 5.75 Å². The Morgan fingerprint density at radius 2 is 1.88 bits per heavy atom. The highest BCUT2D eigenvalue weighted by atomic mass is 16.5. The Morgan fingerprint density at radius 1 is 1.15 bits per heavy atom. The Balaban J connectivity index is 1.46. The number of rotatable bonds is 7. The Bertz CT molecular complexity index is 717. The molecule has 0 aromatic heterocycles. The Morgan fingerprint density at radius 3 is 2.54 bits per heavy atom. The van der Waals surface area contributed by atoms with Crippen LogP contribution < -0.4 is 15.4 Å². The SMILES string of the molecule is Cc1cccc(C)c1NCC(=O)Nc1ccc(OCC2CCCO2)cc1. The van der Waals surface area contributed by atoms with Crippen molar-refractivity contribution in [3.05, 3.63) is 53.6 Å². The molecule has 1 heterocycles. The molecule has 138 valence electrons. The summed E-state index contributed by atoms with van der Waals surface area (Å²) in [4.78, 5) is 12.2. The van der Waals surface area contributed by atoms with Crippen LogP contribution in [0.2, 0.25) is 0 Å². The molecule has 1 aliphatic heterocycles. The number of ether oxygens (including phenoxy) is 2. The summed E-state index contributed by atoms with van der Waals surface area (Å²) in [6.07, 6.45) is 2.36. The monoisotopic (exact) mass is 354 g/mol. The maximum atomic E-state index is 12.2. The highest BCUT2D eigenvalue weighted by Crippen LogP contribution is 2.20. The van der Waals surface area contributed by atoms with E-state index < -0.39 is 0 Å². The molecule has 1 unspecified atom stereocenters. The van der Waals surface area contributed by atoms with Gasteiger partial charge in [-0.2, -0.15) is 0 Å². The van der Waals surface area contributed by atoms with E-state index in [1.807, 2.05) is 56.3 Å². The van der Waals surface area contributed by atoms with E-state index in [1.54, 1.807) is 0 Å². The van der Waals surface area contributed by atoms with Crippen molar-refractivity contribution >= 4 is 17.3 Å². The van der Waals surface area contributed by atoms with Crippen LogP contribution in [0.3, 0.4) is 0 Å². The molecule has 26 heavy (non-hydrogen) atoms. The lowest BCUT2D eigenvalue weighted by Gasteiger charge is -2.13. The smallest absolute Gasteiger partial charge is 0.243 e. The van der Waals surface area contributed by atoms with Crippen molar-refractivity contribution in [2.24, 2.45) is 0 Å². The summed E-state index contributed by atoms with van der Waals surface area (Å²) in [7, 11) is 0. The van der Waals surface area contributed by atoms with Crippen molar-refractivity contribution in [1.82, 2.24) is 0 Å². The van der Waals surface area contributed by atoms with Gasteiger partial charge in [0.1, 0.15) is 12.4 Å². The van der Waals surface area contributed by atoms with Crippen molar-refractivity contribution in [3.63, 3.8) is 0 Å². The second-order valence-electron chi connectivity index (χ2n) is 6.64. The topological polar surface area (TPSA) is 59.6 Å². The third-order valence-corrected chi connectivity index (χ3v) is 4.50. The maximum Gasteiger partial charge on any atom is 0.243 e. The largest absolute Gasteiger partial charge is 0.491 e. The predicted molar refractivity (Wildman–Crippen MR) is 104 cm³/mol. The fourth-order valence-corrected chi connectivity index (χ4v) is 3.07. The third kappa shape index (κ3) is 4.99. The molecule has 1 aliphatic rings. The summed E-state index contributed by atoms with van der Waals surface area (Å²) in [6.45, 7) is 5.69. The van der Waals surface area contributed by atoms with Gasteiger partial charge in [-0.25, -0.2) is 0 Å². The molecule has 5 heteroatoms. The molecule has 2 aromatic carbocycles. The Kier molecular flexibility index (Phi) is 6.12. The Hall–Kier alpha value is -2.53. The minimum absolute atomic E-state index is 0.0827. The minimum Gasteiger partial charge on any atom is -0.491 e. The van der Waals surface area contributed by atoms with Gasteiger partial charge in [0.2, 0.25) is 5.91 Å². The van der Waals surface area contributed by atoms with E-state index in [4.69, 9.17) is 9.47 Å². The van der Waals surface area contributed by atoms with E-state index in [0.717, 1.165) is 47.7 Å². The van der Waals surface area contributed by atoms with Crippen molar-refractivity contribution in [2.45, 2.75) is 32.8 Å². The van der Waals surface area contributed by atoms with E-state index in [1.165, 1.54) is 0 Å². The van der Waals surface area contributed by atoms with Crippen LogP contribution >= 0.6 is 0 Å². The first-order valence-corrected chi connectivity index (χ1v) is 9.06. The minimum atomic E-state index is -0.0827. The van der Waals surface area contributed by atoms with E-state index in [9.17, 15) is 4.79 Å². The fourth-order valence-electron chi connectivity index (χ4n) is 3.07. The molecule has 0 spiro atoms. The van der Waals surface area contributed by atoms with E-state index >= 15 is 0 Å². The molecule has 0 aliphatic carbocycles. The van der Waals surface area contributed by atoms with Crippen molar-refractivity contribution in [2.75, 3.05) is 30.4 Å². The molecule has 3 rings (SSSR count). The molecule has 5 nitrogen and oxygen atoms in total. The lowest BCUT2D eigenvalue weighted by Crippen LogP contribution is -2.22. The number of para-hydroxylation sites is 1. The van der Waals surface area contributed by atoms with Gasteiger partial charge >= 0.3 is 0 Å². The highest BCUT2D eigenvalue weighted by Gasteiger charge is 2.15. The van der Waals surface area contributed by atoms with Gasteiger partial charge in [0.25, 0.3) is 0 Å². The van der Waals surface area contributed by atoms with E-state index in [0.29, 0.717) is 6.61 Å².